The Labute approximate surface area is 134 Å². The summed E-state index contributed by atoms with van der Waals surface area (Å²) < 4.78 is 5.76. The SMILES string of the molecule is Cc1c(Cl)cccc1NC(=O)N1C[C@H](C)Oc2ccccc21. The van der Waals surface area contributed by atoms with Crippen LogP contribution in [0.5, 0.6) is 5.75 Å². The van der Waals surface area contributed by atoms with Crippen LogP contribution in [0.15, 0.2) is 42.5 Å². The van der Waals surface area contributed by atoms with E-state index in [1.165, 1.54) is 0 Å². The van der Waals surface area contributed by atoms with E-state index in [1.807, 2.05) is 50.2 Å². The molecule has 4 nitrogen and oxygen atoms in total. The average molecular weight is 317 g/mol. The van der Waals surface area contributed by atoms with Gasteiger partial charge >= 0.3 is 6.03 Å². The first-order valence-corrected chi connectivity index (χ1v) is 7.53. The second-order valence-electron chi connectivity index (χ2n) is 5.35. The van der Waals surface area contributed by atoms with E-state index in [0.717, 1.165) is 17.0 Å². The highest BCUT2D eigenvalue weighted by Gasteiger charge is 2.27. The third kappa shape index (κ3) is 2.74. The van der Waals surface area contributed by atoms with E-state index >= 15 is 0 Å². The number of para-hydroxylation sites is 2. The Morgan fingerprint density at radius 2 is 2.05 bits per heavy atom. The van der Waals surface area contributed by atoms with Gasteiger partial charge in [0, 0.05) is 10.7 Å². The molecule has 0 unspecified atom stereocenters. The number of ether oxygens (including phenoxy) is 1. The van der Waals surface area contributed by atoms with Gasteiger partial charge in [0.25, 0.3) is 0 Å². The van der Waals surface area contributed by atoms with Crippen molar-refractivity contribution in [3.8, 4) is 5.75 Å². The van der Waals surface area contributed by atoms with Crippen LogP contribution in [-0.2, 0) is 0 Å². The minimum atomic E-state index is -0.187. The number of fused-ring (bicyclic) bond motifs is 1. The summed E-state index contributed by atoms with van der Waals surface area (Å²) in [6.45, 7) is 4.33. The van der Waals surface area contributed by atoms with E-state index < -0.39 is 0 Å². The van der Waals surface area contributed by atoms with Crippen LogP contribution in [0.4, 0.5) is 16.2 Å². The molecule has 0 saturated carbocycles. The van der Waals surface area contributed by atoms with Gasteiger partial charge in [-0.1, -0.05) is 29.8 Å². The molecule has 0 aliphatic carbocycles. The fraction of sp³-hybridized carbons (Fsp3) is 0.235. The van der Waals surface area contributed by atoms with E-state index in [0.29, 0.717) is 17.3 Å². The number of carbonyl (C=O) groups excluding carboxylic acids is 1. The highest BCUT2D eigenvalue weighted by Crippen LogP contribution is 2.33. The van der Waals surface area contributed by atoms with E-state index in [1.54, 1.807) is 11.0 Å². The van der Waals surface area contributed by atoms with Gasteiger partial charge in [0.15, 0.2) is 0 Å². The zero-order chi connectivity index (χ0) is 15.7. The highest BCUT2D eigenvalue weighted by molar-refractivity contribution is 6.31. The van der Waals surface area contributed by atoms with Crippen LogP contribution in [-0.4, -0.2) is 18.7 Å². The Morgan fingerprint density at radius 3 is 2.86 bits per heavy atom. The van der Waals surface area contributed by atoms with Crippen LogP contribution in [0.2, 0.25) is 5.02 Å². The lowest BCUT2D eigenvalue weighted by Crippen LogP contribution is -2.44. The molecule has 1 atom stereocenters. The number of amides is 2. The second kappa shape index (κ2) is 5.89. The first-order chi connectivity index (χ1) is 10.6. The lowest BCUT2D eigenvalue weighted by atomic mass is 10.2. The number of hydrogen-bond donors (Lipinski definition) is 1. The van der Waals surface area contributed by atoms with Crippen molar-refractivity contribution in [1.29, 1.82) is 0 Å². The van der Waals surface area contributed by atoms with Crippen molar-refractivity contribution >= 4 is 29.0 Å². The molecule has 0 saturated heterocycles. The predicted octanol–water partition coefficient (Wildman–Crippen LogP) is 4.47. The molecule has 1 aliphatic rings. The molecule has 0 bridgehead atoms. The molecule has 22 heavy (non-hydrogen) atoms. The van der Waals surface area contributed by atoms with Gasteiger partial charge < -0.3 is 10.1 Å². The normalized spacial score (nSPS) is 16.7. The van der Waals surface area contributed by atoms with E-state index in [4.69, 9.17) is 16.3 Å². The van der Waals surface area contributed by atoms with E-state index in [9.17, 15) is 4.79 Å². The number of nitrogens with one attached hydrogen (secondary N) is 1. The number of urea groups is 1. The molecule has 2 aromatic carbocycles. The number of benzene rings is 2. The molecule has 0 spiro atoms. The Hall–Kier alpha value is -2.20. The average Bonchev–Trinajstić information content (AvgIpc) is 2.51. The van der Waals surface area contributed by atoms with E-state index in [-0.39, 0.29) is 12.1 Å². The van der Waals surface area contributed by atoms with Crippen molar-refractivity contribution in [2.24, 2.45) is 0 Å². The molecule has 5 heteroatoms. The van der Waals surface area contributed by atoms with Crippen LogP contribution in [0.25, 0.3) is 0 Å². The van der Waals surface area contributed by atoms with Crippen LogP contribution >= 0.6 is 11.6 Å². The third-order valence-corrected chi connectivity index (χ3v) is 4.09. The summed E-state index contributed by atoms with van der Waals surface area (Å²) in [5, 5.41) is 3.56. The monoisotopic (exact) mass is 316 g/mol. The van der Waals surface area contributed by atoms with Crippen LogP contribution < -0.4 is 15.0 Å². The van der Waals surface area contributed by atoms with Crippen LogP contribution in [0.1, 0.15) is 12.5 Å². The Bertz CT molecular complexity index is 718. The fourth-order valence-electron chi connectivity index (χ4n) is 2.51. The van der Waals surface area contributed by atoms with Crippen molar-refractivity contribution in [3.05, 3.63) is 53.1 Å². The van der Waals surface area contributed by atoms with Crippen molar-refractivity contribution in [2.45, 2.75) is 20.0 Å². The Morgan fingerprint density at radius 1 is 1.27 bits per heavy atom. The standard InChI is InChI=1S/C17H17ClN2O2/c1-11-10-20(15-8-3-4-9-16(15)22-11)17(21)19-14-7-5-6-13(18)12(14)2/h3-9,11H,10H2,1-2H3,(H,19,21)/t11-/m0/s1. The minimum Gasteiger partial charge on any atom is -0.487 e. The van der Waals surface area contributed by atoms with Crippen molar-refractivity contribution in [3.63, 3.8) is 0 Å². The van der Waals surface area contributed by atoms with Crippen LogP contribution in [0, 0.1) is 6.92 Å². The molecule has 1 N–H and O–H groups in total. The maximum absolute atomic E-state index is 12.7. The van der Waals surface area contributed by atoms with Crippen molar-refractivity contribution in [1.82, 2.24) is 0 Å². The van der Waals surface area contributed by atoms with Gasteiger partial charge in [-0.25, -0.2) is 4.79 Å². The lowest BCUT2D eigenvalue weighted by Gasteiger charge is -2.33. The molecule has 1 heterocycles. The zero-order valence-electron chi connectivity index (χ0n) is 12.5. The molecule has 114 valence electrons. The number of nitrogens with zero attached hydrogens (tertiary/aromatic N) is 1. The minimum absolute atomic E-state index is 0.0545. The molecule has 0 fully saturated rings. The molecule has 2 amide bonds. The van der Waals surface area contributed by atoms with Gasteiger partial charge in [-0.15, -0.1) is 0 Å². The summed E-state index contributed by atoms with van der Waals surface area (Å²) in [5.74, 6) is 0.721. The maximum Gasteiger partial charge on any atom is 0.326 e. The van der Waals surface area contributed by atoms with E-state index in [2.05, 4.69) is 5.32 Å². The summed E-state index contributed by atoms with van der Waals surface area (Å²) in [6, 6.07) is 12.8. The van der Waals surface area contributed by atoms with Crippen molar-refractivity contribution in [2.75, 3.05) is 16.8 Å². The quantitative estimate of drug-likeness (QED) is 0.843. The largest absolute Gasteiger partial charge is 0.487 e. The Balaban J connectivity index is 1.88. The number of rotatable bonds is 1. The highest BCUT2D eigenvalue weighted by atomic mass is 35.5. The second-order valence-corrected chi connectivity index (χ2v) is 5.76. The summed E-state index contributed by atoms with van der Waals surface area (Å²) >= 11 is 6.10. The summed E-state index contributed by atoms with van der Waals surface area (Å²) in [5.41, 5.74) is 2.35. The molecule has 3 rings (SSSR count). The molecular weight excluding hydrogens is 300 g/mol. The zero-order valence-corrected chi connectivity index (χ0v) is 13.2. The summed E-state index contributed by atoms with van der Waals surface area (Å²) in [6.07, 6.45) is -0.0545. The lowest BCUT2D eigenvalue weighted by molar-refractivity contribution is 0.208. The molecule has 2 aromatic rings. The van der Waals surface area contributed by atoms with Gasteiger partial charge in [0.2, 0.25) is 0 Å². The number of anilines is 2. The van der Waals surface area contributed by atoms with Gasteiger partial charge in [0.1, 0.15) is 11.9 Å². The summed E-state index contributed by atoms with van der Waals surface area (Å²) in [7, 11) is 0. The van der Waals surface area contributed by atoms with Crippen LogP contribution in [0.3, 0.4) is 0 Å². The Kier molecular flexibility index (Phi) is 3.94. The topological polar surface area (TPSA) is 41.6 Å². The molecular formula is C17H17ClN2O2. The third-order valence-electron chi connectivity index (χ3n) is 3.68. The van der Waals surface area contributed by atoms with Gasteiger partial charge in [0.05, 0.1) is 12.2 Å². The smallest absolute Gasteiger partial charge is 0.326 e. The van der Waals surface area contributed by atoms with Gasteiger partial charge in [-0.3, -0.25) is 4.90 Å². The first-order valence-electron chi connectivity index (χ1n) is 7.15. The summed E-state index contributed by atoms with van der Waals surface area (Å²) in [4.78, 5) is 14.4. The van der Waals surface area contributed by atoms with Gasteiger partial charge in [-0.2, -0.15) is 0 Å². The number of halogens is 1. The number of carbonyl (C=O) groups is 1. The fourth-order valence-corrected chi connectivity index (χ4v) is 2.68. The molecule has 0 aromatic heterocycles. The molecule has 1 aliphatic heterocycles. The number of hydrogen-bond acceptors (Lipinski definition) is 2. The van der Waals surface area contributed by atoms with Crippen molar-refractivity contribution < 1.29 is 9.53 Å². The van der Waals surface area contributed by atoms with Gasteiger partial charge in [-0.05, 0) is 43.7 Å². The first kappa shape index (κ1) is 14.7. The maximum atomic E-state index is 12.7. The predicted molar refractivity (Wildman–Crippen MR) is 89.1 cm³/mol. The molecule has 0 radical (unpaired) electrons.